The van der Waals surface area contributed by atoms with E-state index >= 15 is 0 Å². The third kappa shape index (κ3) is 2.87. The molecular formula is C23H21N3OS. The van der Waals surface area contributed by atoms with E-state index in [1.165, 1.54) is 26.8 Å². The van der Waals surface area contributed by atoms with Crippen LogP contribution in [0.4, 0.5) is 0 Å². The zero-order valence-corrected chi connectivity index (χ0v) is 16.7. The molecule has 0 saturated heterocycles. The van der Waals surface area contributed by atoms with E-state index in [4.69, 9.17) is 4.74 Å². The highest BCUT2D eigenvalue weighted by Crippen LogP contribution is 2.42. The van der Waals surface area contributed by atoms with E-state index in [0.717, 1.165) is 24.4 Å². The summed E-state index contributed by atoms with van der Waals surface area (Å²) in [5, 5.41) is 3.47. The Morgan fingerprint density at radius 1 is 1.11 bits per heavy atom. The number of rotatable bonds is 3. The minimum absolute atomic E-state index is 0.319. The Kier molecular flexibility index (Phi) is 4.34. The van der Waals surface area contributed by atoms with Crippen LogP contribution in [0.2, 0.25) is 0 Å². The first kappa shape index (κ1) is 17.3. The summed E-state index contributed by atoms with van der Waals surface area (Å²) >= 11 is 1.80. The molecule has 0 N–H and O–H groups in total. The zero-order chi connectivity index (χ0) is 19.1. The van der Waals surface area contributed by atoms with Gasteiger partial charge in [-0.05, 0) is 53.2 Å². The SMILES string of the molecule is COc1c(-c2ncccn2)ccc2c1CN(C)CC2c1ccc2ccsc2c1. The van der Waals surface area contributed by atoms with Gasteiger partial charge in [-0.25, -0.2) is 9.97 Å². The minimum Gasteiger partial charge on any atom is -0.496 e. The highest BCUT2D eigenvalue weighted by Gasteiger charge is 2.29. The van der Waals surface area contributed by atoms with Crippen LogP contribution in [-0.2, 0) is 6.54 Å². The van der Waals surface area contributed by atoms with E-state index in [-0.39, 0.29) is 0 Å². The third-order valence-electron chi connectivity index (χ3n) is 5.49. The molecule has 1 aliphatic heterocycles. The van der Waals surface area contributed by atoms with Crippen LogP contribution in [0.15, 0.2) is 60.2 Å². The van der Waals surface area contributed by atoms with Gasteiger partial charge in [-0.3, -0.25) is 0 Å². The van der Waals surface area contributed by atoms with Crippen LogP contribution in [0.3, 0.4) is 0 Å². The van der Waals surface area contributed by atoms with Crippen molar-refractivity contribution in [2.45, 2.75) is 12.5 Å². The summed E-state index contributed by atoms with van der Waals surface area (Å²) < 4.78 is 7.23. The number of fused-ring (bicyclic) bond motifs is 2. The quantitative estimate of drug-likeness (QED) is 0.499. The molecule has 4 aromatic rings. The predicted octanol–water partition coefficient (Wildman–Crippen LogP) is 4.94. The van der Waals surface area contributed by atoms with Gasteiger partial charge in [0, 0.05) is 41.7 Å². The molecule has 3 heterocycles. The molecule has 4 nitrogen and oxygen atoms in total. The Morgan fingerprint density at radius 3 is 2.79 bits per heavy atom. The standard InChI is InChI=1S/C23H21N3OS/c1-26-13-19(16-5-4-15-8-11-28-21(15)12-16)17-6-7-18(22(27-2)20(17)14-26)23-24-9-3-10-25-23/h3-12,19H,13-14H2,1-2H3. The lowest BCUT2D eigenvalue weighted by Crippen LogP contribution is -2.31. The first-order valence-corrected chi connectivity index (χ1v) is 10.3. The van der Waals surface area contributed by atoms with Gasteiger partial charge in [-0.1, -0.05) is 18.2 Å². The van der Waals surface area contributed by atoms with Gasteiger partial charge in [0.1, 0.15) is 5.75 Å². The van der Waals surface area contributed by atoms with Crippen molar-refractivity contribution >= 4 is 21.4 Å². The Morgan fingerprint density at radius 2 is 1.96 bits per heavy atom. The summed E-state index contributed by atoms with van der Waals surface area (Å²) in [6.07, 6.45) is 3.54. The maximum atomic E-state index is 5.88. The van der Waals surface area contributed by atoms with Gasteiger partial charge in [0.2, 0.25) is 0 Å². The number of hydrogen-bond acceptors (Lipinski definition) is 5. The van der Waals surface area contributed by atoms with Crippen molar-refractivity contribution in [1.29, 1.82) is 0 Å². The fraction of sp³-hybridized carbons (Fsp3) is 0.217. The Labute approximate surface area is 168 Å². The van der Waals surface area contributed by atoms with Gasteiger partial charge in [0.15, 0.2) is 5.82 Å². The second-order valence-corrected chi connectivity index (χ2v) is 8.20. The molecule has 0 amide bonds. The maximum Gasteiger partial charge on any atom is 0.162 e. The molecule has 0 spiro atoms. The van der Waals surface area contributed by atoms with Crippen LogP contribution in [0.1, 0.15) is 22.6 Å². The number of benzene rings is 2. The molecule has 5 rings (SSSR count). The summed E-state index contributed by atoms with van der Waals surface area (Å²) in [7, 11) is 3.91. The van der Waals surface area contributed by atoms with Crippen molar-refractivity contribution in [2.75, 3.05) is 20.7 Å². The van der Waals surface area contributed by atoms with Crippen molar-refractivity contribution in [1.82, 2.24) is 14.9 Å². The van der Waals surface area contributed by atoms with E-state index in [1.807, 2.05) is 6.07 Å². The first-order chi connectivity index (χ1) is 13.7. The van der Waals surface area contributed by atoms with E-state index in [0.29, 0.717) is 11.7 Å². The molecule has 0 aliphatic carbocycles. The molecule has 5 heteroatoms. The van der Waals surface area contributed by atoms with E-state index in [1.54, 1.807) is 30.8 Å². The zero-order valence-electron chi connectivity index (χ0n) is 15.9. The molecule has 0 bridgehead atoms. The third-order valence-corrected chi connectivity index (χ3v) is 6.37. The molecule has 0 radical (unpaired) electrons. The number of likely N-dealkylation sites (N-methyl/N-ethyl adjacent to an activating group) is 1. The number of methoxy groups -OCH3 is 1. The lowest BCUT2D eigenvalue weighted by molar-refractivity contribution is 0.286. The minimum atomic E-state index is 0.319. The van der Waals surface area contributed by atoms with Gasteiger partial charge in [-0.2, -0.15) is 0 Å². The molecule has 2 aromatic heterocycles. The van der Waals surface area contributed by atoms with Crippen LogP contribution >= 0.6 is 11.3 Å². The van der Waals surface area contributed by atoms with Crippen LogP contribution in [0.25, 0.3) is 21.5 Å². The molecule has 140 valence electrons. The molecule has 0 fully saturated rings. The maximum absolute atomic E-state index is 5.88. The number of thiophene rings is 1. The molecule has 28 heavy (non-hydrogen) atoms. The Balaban J connectivity index is 1.66. The summed E-state index contributed by atoms with van der Waals surface area (Å²) in [5.41, 5.74) is 4.88. The molecule has 1 aliphatic rings. The van der Waals surface area contributed by atoms with Crippen molar-refractivity contribution in [3.8, 4) is 17.1 Å². The summed E-state index contributed by atoms with van der Waals surface area (Å²) in [6, 6.07) is 15.2. The number of aromatic nitrogens is 2. The highest BCUT2D eigenvalue weighted by atomic mass is 32.1. The van der Waals surface area contributed by atoms with Crippen molar-refractivity contribution in [3.63, 3.8) is 0 Å². The van der Waals surface area contributed by atoms with Gasteiger partial charge in [0.05, 0.1) is 12.7 Å². The van der Waals surface area contributed by atoms with Gasteiger partial charge < -0.3 is 9.64 Å². The number of hydrogen-bond donors (Lipinski definition) is 0. The highest BCUT2D eigenvalue weighted by molar-refractivity contribution is 7.17. The molecule has 1 atom stereocenters. The first-order valence-electron chi connectivity index (χ1n) is 9.37. The fourth-order valence-corrected chi connectivity index (χ4v) is 5.04. The monoisotopic (exact) mass is 387 g/mol. The second-order valence-electron chi connectivity index (χ2n) is 7.25. The largest absolute Gasteiger partial charge is 0.496 e. The summed E-state index contributed by atoms with van der Waals surface area (Å²) in [5.74, 6) is 1.91. The average molecular weight is 388 g/mol. The topological polar surface area (TPSA) is 38.3 Å². The van der Waals surface area contributed by atoms with Gasteiger partial charge >= 0.3 is 0 Å². The smallest absolute Gasteiger partial charge is 0.162 e. The van der Waals surface area contributed by atoms with Gasteiger partial charge in [0.25, 0.3) is 0 Å². The normalized spacial score (nSPS) is 16.9. The van der Waals surface area contributed by atoms with Crippen LogP contribution in [-0.4, -0.2) is 35.6 Å². The van der Waals surface area contributed by atoms with Crippen LogP contribution in [0, 0.1) is 0 Å². The summed E-state index contributed by atoms with van der Waals surface area (Å²) in [6.45, 7) is 1.85. The summed E-state index contributed by atoms with van der Waals surface area (Å²) in [4.78, 5) is 11.2. The molecule has 2 aromatic carbocycles. The number of ether oxygens (including phenoxy) is 1. The average Bonchev–Trinajstić information content (AvgIpc) is 3.20. The lowest BCUT2D eigenvalue weighted by Gasteiger charge is -2.34. The fourth-order valence-electron chi connectivity index (χ4n) is 4.20. The van der Waals surface area contributed by atoms with E-state index in [2.05, 4.69) is 63.7 Å². The molecular weight excluding hydrogens is 366 g/mol. The van der Waals surface area contributed by atoms with Crippen molar-refractivity contribution < 1.29 is 4.74 Å². The van der Waals surface area contributed by atoms with Gasteiger partial charge in [-0.15, -0.1) is 11.3 Å². The van der Waals surface area contributed by atoms with Crippen LogP contribution < -0.4 is 4.74 Å². The lowest BCUT2D eigenvalue weighted by atomic mass is 9.83. The second kappa shape index (κ2) is 7.00. The Hall–Kier alpha value is -2.76. The number of nitrogens with zero attached hydrogens (tertiary/aromatic N) is 3. The molecule has 0 saturated carbocycles. The predicted molar refractivity (Wildman–Crippen MR) is 114 cm³/mol. The van der Waals surface area contributed by atoms with E-state index in [9.17, 15) is 0 Å². The molecule has 1 unspecified atom stereocenters. The van der Waals surface area contributed by atoms with Crippen LogP contribution in [0.5, 0.6) is 5.75 Å². The van der Waals surface area contributed by atoms with Crippen molar-refractivity contribution in [3.05, 3.63) is 76.9 Å². The van der Waals surface area contributed by atoms with Crippen molar-refractivity contribution in [2.24, 2.45) is 0 Å². The Bertz CT molecular complexity index is 1140. The van der Waals surface area contributed by atoms with E-state index < -0.39 is 0 Å².